The normalized spacial score (nSPS) is 23.3. The van der Waals surface area contributed by atoms with Crippen molar-refractivity contribution in [2.45, 2.75) is 52.3 Å². The van der Waals surface area contributed by atoms with E-state index >= 15 is 0 Å². The smallest absolute Gasteiger partial charge is 0.133 e. The van der Waals surface area contributed by atoms with Crippen LogP contribution < -0.4 is 9.47 Å². The molecule has 23 heavy (non-hydrogen) atoms. The molecule has 0 N–H and O–H groups in total. The predicted octanol–water partition coefficient (Wildman–Crippen LogP) is 4.69. The van der Waals surface area contributed by atoms with Crippen LogP contribution in [0.15, 0.2) is 23.8 Å². The third-order valence-corrected chi connectivity index (χ3v) is 4.56. The van der Waals surface area contributed by atoms with Gasteiger partial charge >= 0.3 is 0 Å². The Kier molecular flexibility index (Phi) is 4.55. The zero-order chi connectivity index (χ0) is 19.5. The van der Waals surface area contributed by atoms with Crippen LogP contribution in [-0.2, 0) is 11.2 Å². The van der Waals surface area contributed by atoms with E-state index in [1.807, 2.05) is 25.1 Å². The highest BCUT2D eigenvalue weighted by molar-refractivity contribution is 5.80. The summed E-state index contributed by atoms with van der Waals surface area (Å²) in [7, 11) is 3.18. The van der Waals surface area contributed by atoms with Crippen LogP contribution in [0.4, 0.5) is 0 Å². The fraction of sp³-hybridized carbons (Fsp3) is 0.550. The lowest BCUT2D eigenvalue weighted by molar-refractivity contribution is -0.121. The summed E-state index contributed by atoms with van der Waals surface area (Å²) in [5, 5.41) is 0. The molecule has 3 nitrogen and oxygen atoms in total. The molecule has 0 fully saturated rings. The van der Waals surface area contributed by atoms with Crippen molar-refractivity contribution < 1.29 is 18.4 Å². The van der Waals surface area contributed by atoms with E-state index in [1.165, 1.54) is 0 Å². The van der Waals surface area contributed by atoms with E-state index in [0.29, 0.717) is 17.9 Å². The standard InChI is InChI=1S/C20H28O3/c1-6-7-15-11-18(22-4)20(19(12-15)23-5)17-10-13(2)8-9-16(17)14(3)21/h10-12,16-17H,6-9H2,1-5H3/t16-,17+/m0/s1/i3D3. The minimum atomic E-state index is -2.61. The zero-order valence-electron chi connectivity index (χ0n) is 17.4. The average Bonchev–Trinajstić information content (AvgIpc) is 2.59. The Morgan fingerprint density at radius 1 is 1.30 bits per heavy atom. The Labute approximate surface area is 143 Å². The van der Waals surface area contributed by atoms with E-state index < -0.39 is 18.6 Å². The maximum atomic E-state index is 12.6. The lowest BCUT2D eigenvalue weighted by Gasteiger charge is -2.30. The first-order valence-corrected chi connectivity index (χ1v) is 8.19. The Balaban J connectivity index is 2.61. The van der Waals surface area contributed by atoms with Gasteiger partial charge in [0.15, 0.2) is 0 Å². The highest BCUT2D eigenvalue weighted by Gasteiger charge is 2.32. The summed E-state index contributed by atoms with van der Waals surface area (Å²) in [6.07, 6.45) is 5.13. The topological polar surface area (TPSA) is 35.5 Å². The number of methoxy groups -OCH3 is 2. The highest BCUT2D eigenvalue weighted by Crippen LogP contribution is 2.45. The molecule has 1 aliphatic rings. The maximum Gasteiger partial charge on any atom is 0.133 e. The van der Waals surface area contributed by atoms with Crippen molar-refractivity contribution in [2.75, 3.05) is 14.2 Å². The van der Waals surface area contributed by atoms with Crippen molar-refractivity contribution in [3.8, 4) is 11.5 Å². The fourth-order valence-corrected chi connectivity index (χ4v) is 3.40. The third kappa shape index (κ3) is 3.77. The summed E-state index contributed by atoms with van der Waals surface area (Å²) in [5.74, 6) is -0.365. The molecule has 2 atom stereocenters. The van der Waals surface area contributed by atoms with Crippen molar-refractivity contribution in [1.82, 2.24) is 0 Å². The number of ketones is 1. The summed E-state index contributed by atoms with van der Waals surface area (Å²) in [6.45, 7) is 1.50. The van der Waals surface area contributed by atoms with Gasteiger partial charge in [0, 0.05) is 21.5 Å². The van der Waals surface area contributed by atoms with Crippen molar-refractivity contribution in [3.05, 3.63) is 34.9 Å². The molecule has 126 valence electrons. The molecule has 1 aromatic carbocycles. The van der Waals surface area contributed by atoms with Crippen LogP contribution in [0.25, 0.3) is 0 Å². The molecule has 0 radical (unpaired) electrons. The summed E-state index contributed by atoms with van der Waals surface area (Å²) in [4.78, 5) is 12.6. The number of allylic oxidation sites excluding steroid dienone is 2. The number of carbonyl (C=O) groups is 1. The maximum absolute atomic E-state index is 12.6. The molecule has 0 heterocycles. The Morgan fingerprint density at radius 3 is 2.48 bits per heavy atom. The third-order valence-electron chi connectivity index (χ3n) is 4.56. The Morgan fingerprint density at radius 2 is 1.96 bits per heavy atom. The van der Waals surface area contributed by atoms with Crippen molar-refractivity contribution in [2.24, 2.45) is 5.92 Å². The summed E-state index contributed by atoms with van der Waals surface area (Å²) < 4.78 is 33.9. The number of rotatable bonds is 6. The Bertz CT molecular complexity index is 667. The number of aryl methyl sites for hydroxylation is 1. The van der Waals surface area contributed by atoms with Gasteiger partial charge in [-0.1, -0.05) is 25.0 Å². The number of carbonyl (C=O) groups excluding carboxylic acids is 1. The van der Waals surface area contributed by atoms with Crippen molar-refractivity contribution in [3.63, 3.8) is 0 Å². The molecule has 0 spiro atoms. The van der Waals surface area contributed by atoms with Gasteiger partial charge in [0.2, 0.25) is 0 Å². The van der Waals surface area contributed by atoms with Gasteiger partial charge in [0.1, 0.15) is 17.3 Å². The molecule has 0 aliphatic heterocycles. The summed E-state index contributed by atoms with van der Waals surface area (Å²) >= 11 is 0. The summed E-state index contributed by atoms with van der Waals surface area (Å²) in [5.41, 5.74) is 3.00. The average molecular weight is 319 g/mol. The van der Waals surface area contributed by atoms with Crippen LogP contribution in [0.3, 0.4) is 0 Å². The molecule has 0 unspecified atom stereocenters. The van der Waals surface area contributed by atoms with E-state index in [1.54, 1.807) is 14.2 Å². The Hall–Kier alpha value is -1.77. The van der Waals surface area contributed by atoms with Gasteiger partial charge in [-0.15, -0.1) is 0 Å². The first kappa shape index (κ1) is 13.6. The molecule has 0 amide bonds. The van der Waals surface area contributed by atoms with E-state index in [2.05, 4.69) is 6.92 Å². The minimum absolute atomic E-state index is 0.364. The number of hydrogen-bond donors (Lipinski definition) is 0. The molecule has 0 bridgehead atoms. The van der Waals surface area contributed by atoms with Crippen LogP contribution in [0.1, 0.15) is 61.1 Å². The lowest BCUT2D eigenvalue weighted by Crippen LogP contribution is -2.23. The van der Waals surface area contributed by atoms with Gasteiger partial charge in [0.05, 0.1) is 14.2 Å². The molecule has 0 saturated heterocycles. The fourth-order valence-electron chi connectivity index (χ4n) is 3.40. The number of Topliss-reactive ketones (excluding diaryl/α,β-unsaturated/α-hetero) is 1. The minimum Gasteiger partial charge on any atom is -0.496 e. The summed E-state index contributed by atoms with van der Waals surface area (Å²) in [6, 6.07) is 3.94. The second kappa shape index (κ2) is 7.67. The van der Waals surface area contributed by atoms with Gasteiger partial charge < -0.3 is 9.47 Å². The molecule has 0 aromatic heterocycles. The first-order chi connectivity index (χ1) is 12.2. The molecule has 0 saturated carbocycles. The number of benzene rings is 1. The van der Waals surface area contributed by atoms with Gasteiger partial charge in [-0.2, -0.15) is 0 Å². The van der Waals surface area contributed by atoms with Gasteiger partial charge in [0.25, 0.3) is 0 Å². The SMILES string of the molecule is [2H]C([2H])([2H])C(=O)[C@@H]1CCC(C)=C[C@H]1c1c(OC)cc(CCC)cc1OC. The molecule has 1 aliphatic carbocycles. The van der Waals surface area contributed by atoms with Gasteiger partial charge in [-0.25, -0.2) is 0 Å². The molecular formula is C20H28O3. The monoisotopic (exact) mass is 319 g/mol. The first-order valence-electron chi connectivity index (χ1n) is 9.69. The second-order valence-corrected chi connectivity index (χ2v) is 6.21. The molecule has 3 heteroatoms. The van der Waals surface area contributed by atoms with E-state index in [-0.39, 0.29) is 5.92 Å². The zero-order valence-corrected chi connectivity index (χ0v) is 14.4. The quantitative estimate of drug-likeness (QED) is 0.714. The van der Waals surface area contributed by atoms with E-state index in [4.69, 9.17) is 13.6 Å². The van der Waals surface area contributed by atoms with Crippen molar-refractivity contribution in [1.29, 1.82) is 0 Å². The second-order valence-electron chi connectivity index (χ2n) is 6.21. The van der Waals surface area contributed by atoms with E-state index in [9.17, 15) is 4.79 Å². The molecule has 2 rings (SSSR count). The predicted molar refractivity (Wildman–Crippen MR) is 93.4 cm³/mol. The van der Waals surface area contributed by atoms with Gasteiger partial charge in [-0.3, -0.25) is 4.79 Å². The van der Waals surface area contributed by atoms with Crippen LogP contribution in [0.2, 0.25) is 0 Å². The van der Waals surface area contributed by atoms with Crippen LogP contribution in [0, 0.1) is 5.92 Å². The molecule has 1 aromatic rings. The van der Waals surface area contributed by atoms with Gasteiger partial charge in [-0.05, 0) is 50.7 Å². The lowest BCUT2D eigenvalue weighted by atomic mass is 9.74. The number of ether oxygens (including phenoxy) is 2. The molecular weight excluding hydrogens is 288 g/mol. The van der Waals surface area contributed by atoms with Crippen LogP contribution in [-0.4, -0.2) is 20.0 Å². The van der Waals surface area contributed by atoms with E-state index in [0.717, 1.165) is 36.0 Å². The van der Waals surface area contributed by atoms with Crippen LogP contribution >= 0.6 is 0 Å². The number of hydrogen-bond acceptors (Lipinski definition) is 3. The largest absolute Gasteiger partial charge is 0.496 e. The van der Waals surface area contributed by atoms with Crippen LogP contribution in [0.5, 0.6) is 11.5 Å². The highest BCUT2D eigenvalue weighted by atomic mass is 16.5. The van der Waals surface area contributed by atoms with Crippen molar-refractivity contribution >= 4 is 5.78 Å².